The van der Waals surface area contributed by atoms with Gasteiger partial charge in [-0.05, 0) is 6.07 Å². The molecule has 1 heterocycles. The van der Waals surface area contributed by atoms with E-state index >= 15 is 0 Å². The molecule has 2 radical (unpaired) electrons. The molecule has 0 saturated carbocycles. The molecule has 0 amide bonds. The van der Waals surface area contributed by atoms with Gasteiger partial charge in [-0.15, -0.1) is 0 Å². The fraction of sp³-hybridized carbons (Fsp3) is 0. The number of para-hydroxylation sites is 1. The molecule has 2 nitrogen and oxygen atoms in total. The molecule has 0 aliphatic carbocycles. The second-order valence-electron chi connectivity index (χ2n) is 1.92. The van der Waals surface area contributed by atoms with Crippen molar-refractivity contribution in [2.24, 2.45) is 0 Å². The maximum atomic E-state index is 2.94. The molecule has 1 aromatic rings. The monoisotopic (exact) mass is 118 g/mol. The molecule has 44 valence electrons. The third-order valence-electron chi connectivity index (χ3n) is 1.32. The first-order valence-corrected chi connectivity index (χ1v) is 2.83. The minimum Gasteiger partial charge on any atom is -0.320 e. The number of fused-ring (bicyclic) bond motifs is 1. The van der Waals surface area contributed by atoms with Crippen molar-refractivity contribution >= 4 is 5.69 Å². The first-order chi connectivity index (χ1) is 4.47. The van der Waals surface area contributed by atoms with E-state index in [1.54, 1.807) is 0 Å². The van der Waals surface area contributed by atoms with E-state index in [2.05, 4.69) is 17.4 Å². The molecule has 0 fully saturated rings. The van der Waals surface area contributed by atoms with Crippen molar-refractivity contribution in [2.75, 3.05) is 5.43 Å². The molecule has 0 spiro atoms. The Balaban J connectivity index is 2.54. The fourth-order valence-corrected chi connectivity index (χ4v) is 0.867. The molecule has 9 heavy (non-hydrogen) atoms. The quantitative estimate of drug-likeness (QED) is 0.531. The number of rotatable bonds is 0. The lowest BCUT2D eigenvalue weighted by molar-refractivity contribution is 1.04. The molecule has 2 N–H and O–H groups in total. The number of benzene rings is 1. The Kier molecular flexibility index (Phi) is 0.932. The van der Waals surface area contributed by atoms with Crippen LogP contribution in [0.2, 0.25) is 0 Å². The lowest BCUT2D eigenvalue weighted by Crippen LogP contribution is -2.08. The van der Waals surface area contributed by atoms with Crippen LogP contribution in [0.5, 0.6) is 0 Å². The van der Waals surface area contributed by atoms with Gasteiger partial charge in [-0.1, -0.05) is 18.2 Å². The Morgan fingerprint density at radius 1 is 1.22 bits per heavy atom. The highest BCUT2D eigenvalue weighted by Crippen LogP contribution is 2.18. The van der Waals surface area contributed by atoms with E-state index in [4.69, 9.17) is 0 Å². The lowest BCUT2D eigenvalue weighted by atomic mass is 10.2. The maximum absolute atomic E-state index is 2.94. The van der Waals surface area contributed by atoms with Gasteiger partial charge in [0.2, 0.25) is 0 Å². The number of hydrogen-bond donors (Lipinski definition) is 2. The number of anilines is 1. The molecule has 0 atom stereocenters. The molecule has 0 bridgehead atoms. The number of nitrogens with one attached hydrogen (secondary N) is 2. The molecule has 0 unspecified atom stereocenters. The van der Waals surface area contributed by atoms with Crippen LogP contribution in [0, 0.1) is 6.54 Å². The summed E-state index contributed by atoms with van der Waals surface area (Å²) in [6.45, 7) is 2.94. The highest BCUT2D eigenvalue weighted by atomic mass is 15.4. The second kappa shape index (κ2) is 1.74. The highest BCUT2D eigenvalue weighted by molar-refractivity contribution is 5.57. The van der Waals surface area contributed by atoms with Crippen molar-refractivity contribution < 1.29 is 0 Å². The van der Waals surface area contributed by atoms with Gasteiger partial charge >= 0.3 is 0 Å². The van der Waals surface area contributed by atoms with Gasteiger partial charge in [0.05, 0.1) is 5.69 Å². The van der Waals surface area contributed by atoms with Gasteiger partial charge in [-0.3, -0.25) is 0 Å². The zero-order valence-electron chi connectivity index (χ0n) is 4.81. The average Bonchev–Trinajstić information content (AvgIpc) is 2.33. The summed E-state index contributed by atoms with van der Waals surface area (Å²) >= 11 is 0. The van der Waals surface area contributed by atoms with Gasteiger partial charge in [-0.25, -0.2) is 5.43 Å². The van der Waals surface area contributed by atoms with Crippen molar-refractivity contribution in [3.63, 3.8) is 0 Å². The molecule has 0 saturated heterocycles. The van der Waals surface area contributed by atoms with Crippen molar-refractivity contribution in [3.8, 4) is 0 Å². The average molecular weight is 118 g/mol. The van der Waals surface area contributed by atoms with E-state index < -0.39 is 0 Å². The fourth-order valence-electron chi connectivity index (χ4n) is 0.867. The van der Waals surface area contributed by atoms with Crippen molar-refractivity contribution in [2.45, 2.75) is 0 Å². The molecule has 1 aliphatic rings. The topological polar surface area (TPSA) is 24.1 Å². The van der Waals surface area contributed by atoms with Gasteiger partial charge < -0.3 is 5.43 Å². The highest BCUT2D eigenvalue weighted by Gasteiger charge is 2.06. The SMILES string of the molecule is [C]1NNc2ccccc21. The zero-order valence-corrected chi connectivity index (χ0v) is 4.81. The predicted octanol–water partition coefficient (Wildman–Crippen LogP) is 1.00. The van der Waals surface area contributed by atoms with Crippen LogP contribution in [-0.4, -0.2) is 0 Å². The summed E-state index contributed by atoms with van der Waals surface area (Å²) in [6, 6.07) is 7.98. The molecule has 0 aromatic heterocycles. The smallest absolute Gasteiger partial charge is 0.117 e. The normalized spacial score (nSPS) is 14.7. The molecular formula is C7H6N2. The van der Waals surface area contributed by atoms with Crippen molar-refractivity contribution in [1.29, 1.82) is 0 Å². The summed E-state index contributed by atoms with van der Waals surface area (Å²) in [7, 11) is 0. The summed E-state index contributed by atoms with van der Waals surface area (Å²) in [4.78, 5) is 0. The standard InChI is InChI=1S/C7H6N2/c1-2-4-7-6(3-1)5-8-9-7/h1-4,8-9H. The zero-order chi connectivity index (χ0) is 6.10. The summed E-state index contributed by atoms with van der Waals surface area (Å²) in [5, 5.41) is 0. The summed E-state index contributed by atoms with van der Waals surface area (Å²) in [5.41, 5.74) is 7.92. The molecule has 1 aromatic carbocycles. The van der Waals surface area contributed by atoms with Crippen LogP contribution in [0.1, 0.15) is 5.56 Å². The van der Waals surface area contributed by atoms with E-state index in [0.29, 0.717) is 0 Å². The maximum Gasteiger partial charge on any atom is 0.117 e. The first-order valence-electron chi connectivity index (χ1n) is 2.83. The van der Waals surface area contributed by atoms with Crippen LogP contribution in [-0.2, 0) is 0 Å². The third-order valence-corrected chi connectivity index (χ3v) is 1.32. The second-order valence-corrected chi connectivity index (χ2v) is 1.92. The summed E-state index contributed by atoms with van der Waals surface area (Å²) < 4.78 is 0. The Bertz CT molecular complexity index is 197. The van der Waals surface area contributed by atoms with Gasteiger partial charge in [-0.2, -0.15) is 0 Å². The van der Waals surface area contributed by atoms with Crippen LogP contribution in [0.4, 0.5) is 5.69 Å². The van der Waals surface area contributed by atoms with Crippen molar-refractivity contribution in [3.05, 3.63) is 36.4 Å². The minimum atomic E-state index is 1.09. The van der Waals surface area contributed by atoms with Gasteiger partial charge in [0.15, 0.2) is 0 Å². The van der Waals surface area contributed by atoms with Crippen LogP contribution in [0.25, 0.3) is 0 Å². The van der Waals surface area contributed by atoms with Gasteiger partial charge in [0.1, 0.15) is 6.54 Å². The molecular weight excluding hydrogens is 112 g/mol. The molecule has 2 heteroatoms. The van der Waals surface area contributed by atoms with E-state index in [1.807, 2.05) is 24.3 Å². The van der Waals surface area contributed by atoms with E-state index in [-0.39, 0.29) is 0 Å². The van der Waals surface area contributed by atoms with Crippen LogP contribution in [0.3, 0.4) is 0 Å². The third kappa shape index (κ3) is 0.678. The number of hydrogen-bond acceptors (Lipinski definition) is 2. The Hall–Kier alpha value is -1.02. The summed E-state index contributed by atoms with van der Waals surface area (Å²) in [6.07, 6.45) is 0. The Morgan fingerprint density at radius 3 is 3.00 bits per heavy atom. The number of hydrazine groups is 1. The van der Waals surface area contributed by atoms with Crippen LogP contribution in [0.15, 0.2) is 24.3 Å². The lowest BCUT2D eigenvalue weighted by Gasteiger charge is -1.93. The van der Waals surface area contributed by atoms with Gasteiger partial charge in [0.25, 0.3) is 0 Å². The molecule has 1 aliphatic heterocycles. The predicted molar refractivity (Wildman–Crippen MR) is 35.5 cm³/mol. The first kappa shape index (κ1) is 4.82. The van der Waals surface area contributed by atoms with Crippen LogP contribution >= 0.6 is 0 Å². The van der Waals surface area contributed by atoms with E-state index in [9.17, 15) is 0 Å². The van der Waals surface area contributed by atoms with Crippen LogP contribution < -0.4 is 10.9 Å². The largest absolute Gasteiger partial charge is 0.320 e. The minimum absolute atomic E-state index is 1.09. The summed E-state index contributed by atoms with van der Waals surface area (Å²) in [5.74, 6) is 0. The van der Waals surface area contributed by atoms with Gasteiger partial charge in [0, 0.05) is 5.56 Å². The molecule has 2 rings (SSSR count). The van der Waals surface area contributed by atoms with E-state index in [0.717, 1.165) is 11.3 Å². The Morgan fingerprint density at radius 2 is 2.11 bits per heavy atom. The Labute approximate surface area is 53.9 Å². The van der Waals surface area contributed by atoms with E-state index in [1.165, 1.54) is 0 Å². The van der Waals surface area contributed by atoms with Crippen molar-refractivity contribution in [1.82, 2.24) is 5.43 Å².